The number of rotatable bonds is 4. The van der Waals surface area contributed by atoms with Crippen molar-refractivity contribution in [2.45, 2.75) is 39.8 Å². The fourth-order valence-corrected chi connectivity index (χ4v) is 1.36. The van der Waals surface area contributed by atoms with Crippen LogP contribution in [0, 0.1) is 0 Å². The minimum Gasteiger partial charge on any atom is -0.357 e. The lowest BCUT2D eigenvalue weighted by Crippen LogP contribution is -2.47. The Hall–Kier alpha value is -0.790. The van der Waals surface area contributed by atoms with Gasteiger partial charge >= 0.3 is 0 Å². The summed E-state index contributed by atoms with van der Waals surface area (Å²) in [7, 11) is 0. The fraction of sp³-hybridized carbons (Fsp3) is 0.667. The molecule has 0 amide bonds. The zero-order valence-corrected chi connectivity index (χ0v) is 13.9. The standard InChI is InChI=1S/C12H23N5.HI/c1-5-14-11(16-12(2,3)4)15-7-9-17-8-6-13-10-17;/h6,8,10H,5,7,9H2,1-4H3,(H2,14,15,16);1H. The van der Waals surface area contributed by atoms with Crippen LogP contribution in [0.1, 0.15) is 27.7 Å². The summed E-state index contributed by atoms with van der Waals surface area (Å²) in [4.78, 5) is 8.52. The monoisotopic (exact) mass is 365 g/mol. The Bertz CT molecular complexity index is 340. The molecule has 1 heterocycles. The lowest BCUT2D eigenvalue weighted by molar-refractivity contribution is 0.501. The highest BCUT2D eigenvalue weighted by Gasteiger charge is 2.11. The summed E-state index contributed by atoms with van der Waals surface area (Å²) in [6.45, 7) is 10.9. The molecule has 6 heteroatoms. The molecule has 0 radical (unpaired) electrons. The van der Waals surface area contributed by atoms with Crippen LogP contribution < -0.4 is 10.6 Å². The lowest BCUT2D eigenvalue weighted by Gasteiger charge is -2.23. The van der Waals surface area contributed by atoms with Gasteiger partial charge in [0.1, 0.15) is 0 Å². The highest BCUT2D eigenvalue weighted by Crippen LogP contribution is 1.97. The summed E-state index contributed by atoms with van der Waals surface area (Å²) in [6.07, 6.45) is 5.53. The number of nitrogens with one attached hydrogen (secondary N) is 2. The van der Waals surface area contributed by atoms with E-state index in [0.29, 0.717) is 0 Å². The van der Waals surface area contributed by atoms with Gasteiger partial charge in [0.15, 0.2) is 5.96 Å². The van der Waals surface area contributed by atoms with E-state index in [0.717, 1.165) is 25.6 Å². The van der Waals surface area contributed by atoms with Crippen molar-refractivity contribution in [3.05, 3.63) is 18.7 Å². The first-order valence-corrected chi connectivity index (χ1v) is 6.03. The van der Waals surface area contributed by atoms with Crippen molar-refractivity contribution in [1.82, 2.24) is 20.2 Å². The molecular formula is C12H24IN5. The Morgan fingerprint density at radius 2 is 2.11 bits per heavy atom. The zero-order valence-electron chi connectivity index (χ0n) is 11.6. The van der Waals surface area contributed by atoms with E-state index in [1.54, 1.807) is 12.5 Å². The molecule has 0 aliphatic rings. The van der Waals surface area contributed by atoms with Gasteiger partial charge in [-0.3, -0.25) is 4.99 Å². The molecular weight excluding hydrogens is 341 g/mol. The van der Waals surface area contributed by atoms with Crippen molar-refractivity contribution >= 4 is 29.9 Å². The molecule has 1 rings (SSSR count). The number of aromatic nitrogens is 2. The van der Waals surface area contributed by atoms with E-state index in [2.05, 4.69) is 48.3 Å². The van der Waals surface area contributed by atoms with Crippen LogP contribution in [0.25, 0.3) is 0 Å². The number of hydrogen-bond acceptors (Lipinski definition) is 2. The zero-order chi connectivity index (χ0) is 12.7. The fourth-order valence-electron chi connectivity index (χ4n) is 1.36. The van der Waals surface area contributed by atoms with Crippen molar-refractivity contribution in [3.63, 3.8) is 0 Å². The topological polar surface area (TPSA) is 54.2 Å². The highest BCUT2D eigenvalue weighted by molar-refractivity contribution is 14.0. The van der Waals surface area contributed by atoms with Gasteiger partial charge in [0.05, 0.1) is 12.9 Å². The van der Waals surface area contributed by atoms with Crippen LogP contribution >= 0.6 is 24.0 Å². The summed E-state index contributed by atoms with van der Waals surface area (Å²) in [5.41, 5.74) is 0.0238. The molecule has 0 aliphatic carbocycles. The maximum atomic E-state index is 4.52. The second-order valence-corrected chi connectivity index (χ2v) is 4.94. The second kappa shape index (κ2) is 8.34. The van der Waals surface area contributed by atoms with Gasteiger partial charge in [-0.15, -0.1) is 24.0 Å². The number of nitrogens with zero attached hydrogens (tertiary/aromatic N) is 3. The molecule has 0 spiro atoms. The third kappa shape index (κ3) is 7.52. The van der Waals surface area contributed by atoms with E-state index < -0.39 is 0 Å². The molecule has 2 N–H and O–H groups in total. The van der Waals surface area contributed by atoms with Gasteiger partial charge in [-0.25, -0.2) is 4.98 Å². The molecule has 5 nitrogen and oxygen atoms in total. The molecule has 18 heavy (non-hydrogen) atoms. The van der Waals surface area contributed by atoms with Crippen molar-refractivity contribution in [2.75, 3.05) is 13.1 Å². The predicted molar refractivity (Wildman–Crippen MR) is 86.5 cm³/mol. The van der Waals surface area contributed by atoms with Crippen LogP contribution in [0.4, 0.5) is 0 Å². The molecule has 0 saturated carbocycles. The van der Waals surface area contributed by atoms with E-state index in [1.165, 1.54) is 0 Å². The normalized spacial score (nSPS) is 11.9. The smallest absolute Gasteiger partial charge is 0.191 e. The van der Waals surface area contributed by atoms with Crippen LogP contribution in [0.3, 0.4) is 0 Å². The van der Waals surface area contributed by atoms with Crippen molar-refractivity contribution in [1.29, 1.82) is 0 Å². The largest absolute Gasteiger partial charge is 0.357 e. The predicted octanol–water partition coefficient (Wildman–Crippen LogP) is 1.85. The maximum Gasteiger partial charge on any atom is 0.191 e. The van der Waals surface area contributed by atoms with Crippen molar-refractivity contribution in [3.8, 4) is 0 Å². The number of hydrogen-bond donors (Lipinski definition) is 2. The number of imidazole rings is 1. The summed E-state index contributed by atoms with van der Waals surface area (Å²) in [5, 5.41) is 6.58. The van der Waals surface area contributed by atoms with Crippen molar-refractivity contribution < 1.29 is 0 Å². The van der Waals surface area contributed by atoms with Gasteiger partial charge in [0.2, 0.25) is 0 Å². The van der Waals surface area contributed by atoms with Gasteiger partial charge in [-0.1, -0.05) is 0 Å². The summed E-state index contributed by atoms with van der Waals surface area (Å²) >= 11 is 0. The van der Waals surface area contributed by atoms with E-state index in [1.807, 2.05) is 10.8 Å². The second-order valence-electron chi connectivity index (χ2n) is 4.94. The van der Waals surface area contributed by atoms with Crippen LogP contribution in [0.5, 0.6) is 0 Å². The Balaban J connectivity index is 0.00000289. The Labute approximate surface area is 126 Å². The molecule has 1 aromatic rings. The molecule has 1 aromatic heterocycles. The van der Waals surface area contributed by atoms with E-state index in [-0.39, 0.29) is 29.5 Å². The first-order valence-electron chi connectivity index (χ1n) is 6.03. The summed E-state index contributed by atoms with van der Waals surface area (Å²) in [6, 6.07) is 0. The van der Waals surface area contributed by atoms with Crippen LogP contribution in [0.15, 0.2) is 23.7 Å². The average molecular weight is 365 g/mol. The van der Waals surface area contributed by atoms with E-state index >= 15 is 0 Å². The third-order valence-corrected chi connectivity index (χ3v) is 2.02. The first kappa shape index (κ1) is 17.2. The van der Waals surface area contributed by atoms with Crippen LogP contribution in [-0.2, 0) is 6.54 Å². The molecule has 0 unspecified atom stereocenters. The molecule has 0 atom stereocenters. The number of guanidine groups is 1. The molecule has 0 saturated heterocycles. The SMILES string of the molecule is CCNC(=NCCn1ccnc1)NC(C)(C)C.I. The Morgan fingerprint density at radius 1 is 1.39 bits per heavy atom. The molecule has 0 bridgehead atoms. The number of halogens is 1. The third-order valence-electron chi connectivity index (χ3n) is 2.02. The highest BCUT2D eigenvalue weighted by atomic mass is 127. The van der Waals surface area contributed by atoms with E-state index in [4.69, 9.17) is 0 Å². The van der Waals surface area contributed by atoms with Gasteiger partial charge in [-0.05, 0) is 27.7 Å². The lowest BCUT2D eigenvalue weighted by atomic mass is 10.1. The van der Waals surface area contributed by atoms with Crippen molar-refractivity contribution in [2.24, 2.45) is 4.99 Å². The van der Waals surface area contributed by atoms with Gasteiger partial charge in [0.25, 0.3) is 0 Å². The maximum absolute atomic E-state index is 4.52. The van der Waals surface area contributed by atoms with Gasteiger partial charge in [0, 0.05) is 31.0 Å². The number of aliphatic imine (C=N–C) groups is 1. The van der Waals surface area contributed by atoms with E-state index in [9.17, 15) is 0 Å². The Morgan fingerprint density at radius 3 is 2.61 bits per heavy atom. The van der Waals surface area contributed by atoms with Crippen LogP contribution in [0.2, 0.25) is 0 Å². The summed E-state index contributed by atoms with van der Waals surface area (Å²) < 4.78 is 2.02. The first-order chi connectivity index (χ1) is 8.01. The van der Waals surface area contributed by atoms with Crippen LogP contribution in [-0.4, -0.2) is 34.1 Å². The quantitative estimate of drug-likeness (QED) is 0.487. The Kier molecular flexibility index (Phi) is 7.97. The van der Waals surface area contributed by atoms with Gasteiger partial charge in [-0.2, -0.15) is 0 Å². The minimum absolute atomic E-state index is 0. The minimum atomic E-state index is 0. The average Bonchev–Trinajstić information content (AvgIpc) is 2.68. The molecule has 104 valence electrons. The molecule has 0 aromatic carbocycles. The summed E-state index contributed by atoms with van der Waals surface area (Å²) in [5.74, 6) is 0.861. The molecule has 0 aliphatic heterocycles. The molecule has 0 fully saturated rings. The van der Waals surface area contributed by atoms with Gasteiger partial charge < -0.3 is 15.2 Å².